The van der Waals surface area contributed by atoms with E-state index in [9.17, 15) is 9.90 Å². The van der Waals surface area contributed by atoms with Crippen molar-refractivity contribution < 1.29 is 9.90 Å². The third-order valence-corrected chi connectivity index (χ3v) is 4.09. The number of aliphatic hydroxyl groups excluding tert-OH is 1. The molecule has 1 fully saturated rings. The number of aliphatic hydroxyl groups is 1. The summed E-state index contributed by atoms with van der Waals surface area (Å²) >= 11 is 0. The Morgan fingerprint density at radius 1 is 1.32 bits per heavy atom. The topological polar surface area (TPSA) is 40.5 Å². The van der Waals surface area contributed by atoms with Crippen LogP contribution in [0.5, 0.6) is 0 Å². The van der Waals surface area contributed by atoms with Crippen molar-refractivity contribution >= 4 is 5.91 Å². The average molecular weight is 261 g/mol. The molecule has 3 heteroatoms. The number of likely N-dealkylation sites (tertiary alicyclic amines) is 1. The largest absolute Gasteiger partial charge is 0.393 e. The number of carbonyl (C=O) groups excluding carboxylic acids is 1. The van der Waals surface area contributed by atoms with Gasteiger partial charge in [0.05, 0.1) is 6.10 Å². The molecule has 0 aliphatic carbocycles. The van der Waals surface area contributed by atoms with E-state index in [4.69, 9.17) is 0 Å². The van der Waals surface area contributed by atoms with E-state index in [1.54, 1.807) is 0 Å². The standard InChI is InChI=1S/C16H23NO2/c1-3-15(18)13-8-10-17(11-9-13)16(19)14-6-4-12(2)5-7-14/h4-7,13,15,18H,3,8-11H2,1-2H3. The molecule has 1 aromatic rings. The van der Waals surface area contributed by atoms with Crippen molar-refractivity contribution in [2.45, 2.75) is 39.2 Å². The van der Waals surface area contributed by atoms with Crippen molar-refractivity contribution in [2.75, 3.05) is 13.1 Å². The fraction of sp³-hybridized carbons (Fsp3) is 0.562. The van der Waals surface area contributed by atoms with Crippen LogP contribution in [-0.2, 0) is 0 Å². The quantitative estimate of drug-likeness (QED) is 0.908. The van der Waals surface area contributed by atoms with E-state index in [1.165, 1.54) is 5.56 Å². The molecule has 1 atom stereocenters. The first-order valence-electron chi connectivity index (χ1n) is 7.15. The van der Waals surface area contributed by atoms with E-state index in [2.05, 4.69) is 0 Å². The fourth-order valence-electron chi connectivity index (χ4n) is 2.70. The maximum Gasteiger partial charge on any atom is 0.253 e. The zero-order valence-corrected chi connectivity index (χ0v) is 11.8. The minimum absolute atomic E-state index is 0.115. The summed E-state index contributed by atoms with van der Waals surface area (Å²) in [6.07, 6.45) is 2.41. The van der Waals surface area contributed by atoms with Gasteiger partial charge in [-0.25, -0.2) is 0 Å². The van der Waals surface area contributed by atoms with E-state index < -0.39 is 0 Å². The second-order valence-corrected chi connectivity index (χ2v) is 5.47. The molecule has 2 rings (SSSR count). The highest BCUT2D eigenvalue weighted by molar-refractivity contribution is 5.94. The van der Waals surface area contributed by atoms with Gasteiger partial charge < -0.3 is 10.0 Å². The SMILES string of the molecule is CCC(O)C1CCN(C(=O)c2ccc(C)cc2)CC1. The second-order valence-electron chi connectivity index (χ2n) is 5.47. The van der Waals surface area contributed by atoms with Crippen molar-refractivity contribution in [3.8, 4) is 0 Å². The zero-order chi connectivity index (χ0) is 13.8. The molecule has 1 heterocycles. The molecular formula is C16H23NO2. The molecule has 1 saturated heterocycles. The first-order chi connectivity index (χ1) is 9.11. The molecule has 3 nitrogen and oxygen atoms in total. The maximum atomic E-state index is 12.3. The highest BCUT2D eigenvalue weighted by Crippen LogP contribution is 2.23. The van der Waals surface area contributed by atoms with Gasteiger partial charge in [-0.2, -0.15) is 0 Å². The van der Waals surface area contributed by atoms with E-state index in [1.807, 2.05) is 43.0 Å². The molecule has 1 aliphatic rings. The number of amides is 1. The maximum absolute atomic E-state index is 12.3. The molecule has 0 spiro atoms. The van der Waals surface area contributed by atoms with Gasteiger partial charge in [0.2, 0.25) is 0 Å². The summed E-state index contributed by atoms with van der Waals surface area (Å²) in [7, 11) is 0. The Morgan fingerprint density at radius 2 is 1.89 bits per heavy atom. The normalized spacial score (nSPS) is 18.4. The summed E-state index contributed by atoms with van der Waals surface area (Å²) in [5, 5.41) is 9.85. The van der Waals surface area contributed by atoms with Crippen LogP contribution in [0.3, 0.4) is 0 Å². The Labute approximate surface area is 115 Å². The smallest absolute Gasteiger partial charge is 0.253 e. The number of hydrogen-bond donors (Lipinski definition) is 1. The van der Waals surface area contributed by atoms with E-state index in [0.717, 1.165) is 37.9 Å². The van der Waals surface area contributed by atoms with Gasteiger partial charge in [0, 0.05) is 18.7 Å². The van der Waals surface area contributed by atoms with Crippen LogP contribution in [0.15, 0.2) is 24.3 Å². The first-order valence-corrected chi connectivity index (χ1v) is 7.15. The first kappa shape index (κ1) is 14.1. The van der Waals surface area contributed by atoms with Crippen LogP contribution < -0.4 is 0 Å². The fourth-order valence-corrected chi connectivity index (χ4v) is 2.70. The molecule has 1 aromatic carbocycles. The van der Waals surface area contributed by atoms with Crippen LogP contribution in [0, 0.1) is 12.8 Å². The van der Waals surface area contributed by atoms with Gasteiger partial charge in [-0.15, -0.1) is 0 Å². The van der Waals surface area contributed by atoms with Gasteiger partial charge in [0.1, 0.15) is 0 Å². The van der Waals surface area contributed by atoms with Crippen LogP contribution in [-0.4, -0.2) is 35.1 Å². The monoisotopic (exact) mass is 261 g/mol. The summed E-state index contributed by atoms with van der Waals surface area (Å²) < 4.78 is 0. The highest BCUT2D eigenvalue weighted by atomic mass is 16.3. The number of nitrogens with zero attached hydrogens (tertiary/aromatic N) is 1. The lowest BCUT2D eigenvalue weighted by atomic mass is 9.90. The Hall–Kier alpha value is -1.35. The van der Waals surface area contributed by atoms with Crippen molar-refractivity contribution in [1.29, 1.82) is 0 Å². The third-order valence-electron chi connectivity index (χ3n) is 4.09. The minimum atomic E-state index is -0.211. The second kappa shape index (κ2) is 6.20. The molecule has 0 radical (unpaired) electrons. The summed E-state index contributed by atoms with van der Waals surface area (Å²) in [5.74, 6) is 0.469. The number of aryl methyl sites for hydroxylation is 1. The number of hydrogen-bond acceptors (Lipinski definition) is 2. The number of carbonyl (C=O) groups is 1. The Kier molecular flexibility index (Phi) is 4.59. The van der Waals surface area contributed by atoms with Crippen LogP contribution in [0.2, 0.25) is 0 Å². The van der Waals surface area contributed by atoms with Crippen LogP contribution in [0.4, 0.5) is 0 Å². The molecule has 0 aromatic heterocycles. The van der Waals surface area contributed by atoms with Crippen molar-refractivity contribution in [1.82, 2.24) is 4.90 Å². The molecule has 0 bridgehead atoms. The van der Waals surface area contributed by atoms with Gasteiger partial charge in [-0.3, -0.25) is 4.79 Å². The van der Waals surface area contributed by atoms with E-state index >= 15 is 0 Å². The average Bonchev–Trinajstić information content (AvgIpc) is 2.46. The van der Waals surface area contributed by atoms with Crippen LogP contribution in [0.1, 0.15) is 42.1 Å². The molecule has 0 saturated carbocycles. The Balaban J connectivity index is 1.94. The van der Waals surface area contributed by atoms with Crippen molar-refractivity contribution in [3.05, 3.63) is 35.4 Å². The summed E-state index contributed by atoms with van der Waals surface area (Å²) in [4.78, 5) is 14.2. The van der Waals surface area contributed by atoms with Crippen molar-refractivity contribution in [3.63, 3.8) is 0 Å². The number of piperidine rings is 1. The summed E-state index contributed by atoms with van der Waals surface area (Å²) in [6, 6.07) is 7.73. The lowest BCUT2D eigenvalue weighted by Crippen LogP contribution is -2.41. The lowest BCUT2D eigenvalue weighted by Gasteiger charge is -2.34. The molecule has 1 aliphatic heterocycles. The number of benzene rings is 1. The third kappa shape index (κ3) is 3.35. The van der Waals surface area contributed by atoms with Gasteiger partial charge in [0.25, 0.3) is 5.91 Å². The highest BCUT2D eigenvalue weighted by Gasteiger charge is 2.26. The molecule has 19 heavy (non-hydrogen) atoms. The van der Waals surface area contributed by atoms with E-state index in [0.29, 0.717) is 5.92 Å². The lowest BCUT2D eigenvalue weighted by molar-refractivity contribution is 0.0454. The predicted molar refractivity (Wildman–Crippen MR) is 76.1 cm³/mol. The van der Waals surface area contributed by atoms with Gasteiger partial charge in [-0.05, 0) is 44.2 Å². The molecule has 104 valence electrons. The van der Waals surface area contributed by atoms with E-state index in [-0.39, 0.29) is 12.0 Å². The Bertz CT molecular complexity index is 419. The van der Waals surface area contributed by atoms with Gasteiger partial charge in [0.15, 0.2) is 0 Å². The minimum Gasteiger partial charge on any atom is -0.393 e. The molecule has 1 amide bonds. The van der Waals surface area contributed by atoms with Crippen LogP contribution in [0.25, 0.3) is 0 Å². The summed E-state index contributed by atoms with van der Waals surface area (Å²) in [5.41, 5.74) is 1.93. The molecule has 1 unspecified atom stereocenters. The predicted octanol–water partition coefficient (Wildman–Crippen LogP) is 2.62. The van der Waals surface area contributed by atoms with Gasteiger partial charge >= 0.3 is 0 Å². The summed E-state index contributed by atoms with van der Waals surface area (Å²) in [6.45, 7) is 5.54. The van der Waals surface area contributed by atoms with Crippen LogP contribution >= 0.6 is 0 Å². The number of rotatable bonds is 3. The molecular weight excluding hydrogens is 238 g/mol. The Morgan fingerprint density at radius 3 is 2.42 bits per heavy atom. The van der Waals surface area contributed by atoms with Crippen molar-refractivity contribution in [2.24, 2.45) is 5.92 Å². The zero-order valence-electron chi connectivity index (χ0n) is 11.8. The van der Waals surface area contributed by atoms with Gasteiger partial charge in [-0.1, -0.05) is 24.6 Å². The molecule has 1 N–H and O–H groups in total.